The SMILES string of the molecule is COc1ccc(Cl)cc1N(CC(=O)N(Cc1cccc(Cl)c1)[C@@H](C)C(=O)NC1CCCCC1)S(=O)(=O)c1ccc(C)cc1. The largest absolute Gasteiger partial charge is 0.495 e. The number of hydrogen-bond donors (Lipinski definition) is 1. The van der Waals surface area contributed by atoms with E-state index in [2.05, 4.69) is 5.32 Å². The van der Waals surface area contributed by atoms with Gasteiger partial charge in [0, 0.05) is 22.6 Å². The average molecular weight is 647 g/mol. The Balaban J connectivity index is 1.73. The highest BCUT2D eigenvalue weighted by atomic mass is 35.5. The number of hydrogen-bond acceptors (Lipinski definition) is 5. The molecule has 1 atom stereocenters. The van der Waals surface area contributed by atoms with Gasteiger partial charge in [0.15, 0.2) is 0 Å². The van der Waals surface area contributed by atoms with E-state index in [0.717, 1.165) is 42.0 Å². The van der Waals surface area contributed by atoms with Gasteiger partial charge in [-0.3, -0.25) is 13.9 Å². The fourth-order valence-electron chi connectivity index (χ4n) is 5.19. The van der Waals surface area contributed by atoms with Crippen LogP contribution in [0.15, 0.2) is 71.6 Å². The second-order valence-electron chi connectivity index (χ2n) is 10.8. The molecule has 0 radical (unpaired) electrons. The topological polar surface area (TPSA) is 96.0 Å². The predicted octanol–water partition coefficient (Wildman–Crippen LogP) is 6.37. The third-order valence-corrected chi connectivity index (χ3v) is 9.90. The fraction of sp³-hybridized carbons (Fsp3) is 0.375. The van der Waals surface area contributed by atoms with Crippen molar-refractivity contribution < 1.29 is 22.7 Å². The van der Waals surface area contributed by atoms with Crippen molar-refractivity contribution in [3.05, 3.63) is 87.9 Å². The summed E-state index contributed by atoms with van der Waals surface area (Å²) in [5, 5.41) is 3.84. The van der Waals surface area contributed by atoms with E-state index in [1.807, 2.05) is 6.92 Å². The summed E-state index contributed by atoms with van der Waals surface area (Å²) in [6.07, 6.45) is 4.99. The molecule has 1 aliphatic rings. The molecular weight excluding hydrogens is 609 g/mol. The van der Waals surface area contributed by atoms with Gasteiger partial charge in [-0.2, -0.15) is 0 Å². The van der Waals surface area contributed by atoms with Crippen molar-refractivity contribution in [2.75, 3.05) is 18.0 Å². The van der Waals surface area contributed by atoms with Gasteiger partial charge in [-0.25, -0.2) is 8.42 Å². The molecule has 8 nitrogen and oxygen atoms in total. The Morgan fingerprint density at radius 2 is 1.65 bits per heavy atom. The maximum atomic E-state index is 14.2. The predicted molar refractivity (Wildman–Crippen MR) is 170 cm³/mol. The molecule has 2 amide bonds. The van der Waals surface area contributed by atoms with Gasteiger partial charge in [-0.1, -0.05) is 72.3 Å². The van der Waals surface area contributed by atoms with Crippen molar-refractivity contribution in [2.24, 2.45) is 0 Å². The number of aryl methyl sites for hydroxylation is 1. The van der Waals surface area contributed by atoms with Crippen LogP contribution in [0.3, 0.4) is 0 Å². The Hall–Kier alpha value is -3.27. The zero-order valence-corrected chi connectivity index (χ0v) is 26.9. The Bertz CT molecular complexity index is 1540. The van der Waals surface area contributed by atoms with Crippen LogP contribution in [0.2, 0.25) is 10.0 Å². The van der Waals surface area contributed by atoms with Crippen molar-refractivity contribution in [2.45, 2.75) is 69.5 Å². The molecule has 230 valence electrons. The number of sulfonamides is 1. The lowest BCUT2D eigenvalue weighted by Gasteiger charge is -2.33. The molecule has 1 aliphatic carbocycles. The van der Waals surface area contributed by atoms with Gasteiger partial charge < -0.3 is 15.0 Å². The number of nitrogens with zero attached hydrogens (tertiary/aromatic N) is 2. The number of benzene rings is 3. The summed E-state index contributed by atoms with van der Waals surface area (Å²) in [7, 11) is -2.86. The highest BCUT2D eigenvalue weighted by molar-refractivity contribution is 7.92. The Morgan fingerprint density at radius 1 is 0.977 bits per heavy atom. The number of halogens is 2. The van der Waals surface area contributed by atoms with E-state index < -0.39 is 28.5 Å². The zero-order chi connectivity index (χ0) is 31.1. The first-order valence-corrected chi connectivity index (χ1v) is 16.5. The zero-order valence-electron chi connectivity index (χ0n) is 24.6. The number of carbonyl (C=O) groups excluding carboxylic acids is 2. The first-order valence-electron chi connectivity index (χ1n) is 14.3. The maximum Gasteiger partial charge on any atom is 0.264 e. The van der Waals surface area contributed by atoms with E-state index in [9.17, 15) is 18.0 Å². The fourth-order valence-corrected chi connectivity index (χ4v) is 6.99. The maximum absolute atomic E-state index is 14.2. The number of nitrogens with one attached hydrogen (secondary N) is 1. The molecule has 43 heavy (non-hydrogen) atoms. The lowest BCUT2D eigenvalue weighted by Crippen LogP contribution is -2.53. The third kappa shape index (κ3) is 8.22. The summed E-state index contributed by atoms with van der Waals surface area (Å²) in [5.74, 6) is -0.656. The van der Waals surface area contributed by atoms with Crippen LogP contribution in [0.4, 0.5) is 5.69 Å². The van der Waals surface area contributed by atoms with Gasteiger partial charge in [-0.15, -0.1) is 0 Å². The third-order valence-electron chi connectivity index (χ3n) is 7.66. The molecule has 1 fully saturated rings. The molecule has 1 saturated carbocycles. The normalized spacial score (nSPS) is 14.5. The van der Waals surface area contributed by atoms with Crippen LogP contribution in [0.1, 0.15) is 50.2 Å². The van der Waals surface area contributed by atoms with Crippen LogP contribution in [-0.2, 0) is 26.2 Å². The average Bonchev–Trinajstić information content (AvgIpc) is 2.99. The summed E-state index contributed by atoms with van der Waals surface area (Å²) in [6.45, 7) is 2.95. The van der Waals surface area contributed by atoms with Crippen molar-refractivity contribution in [3.8, 4) is 5.75 Å². The molecule has 0 saturated heterocycles. The molecule has 4 rings (SSSR count). The van der Waals surface area contributed by atoms with Crippen LogP contribution in [0, 0.1) is 6.92 Å². The van der Waals surface area contributed by atoms with Gasteiger partial charge in [0.2, 0.25) is 11.8 Å². The number of amides is 2. The van der Waals surface area contributed by atoms with Crippen LogP contribution in [0.25, 0.3) is 0 Å². The molecule has 0 bridgehead atoms. The summed E-state index contributed by atoms with van der Waals surface area (Å²) < 4.78 is 34.7. The standard InChI is InChI=1S/C32H37Cl2N3O5S/c1-22-12-15-28(16-13-22)43(40,41)37(29-19-26(34)14-17-30(29)42-3)21-31(38)36(20-24-8-7-9-25(33)18-24)23(2)32(39)35-27-10-5-4-6-11-27/h7-9,12-19,23,27H,4-6,10-11,20-21H2,1-3H3,(H,35,39)/t23-/m0/s1. The highest BCUT2D eigenvalue weighted by Crippen LogP contribution is 2.35. The van der Waals surface area contributed by atoms with Gasteiger partial charge in [0.05, 0.1) is 17.7 Å². The van der Waals surface area contributed by atoms with E-state index in [1.54, 1.807) is 55.5 Å². The first kappa shape index (κ1) is 32.6. The monoisotopic (exact) mass is 645 g/mol. The minimum absolute atomic E-state index is 0.00240. The second-order valence-corrected chi connectivity index (χ2v) is 13.5. The van der Waals surface area contributed by atoms with Gasteiger partial charge in [0.1, 0.15) is 18.3 Å². The Kier molecular flexibility index (Phi) is 11.0. The van der Waals surface area contributed by atoms with Crippen molar-refractivity contribution >= 4 is 50.7 Å². The van der Waals surface area contributed by atoms with Crippen LogP contribution < -0.4 is 14.4 Å². The van der Waals surface area contributed by atoms with E-state index in [1.165, 1.54) is 30.2 Å². The lowest BCUT2D eigenvalue weighted by atomic mass is 9.95. The number of carbonyl (C=O) groups is 2. The van der Waals surface area contributed by atoms with Crippen molar-refractivity contribution in [3.63, 3.8) is 0 Å². The summed E-state index contributed by atoms with van der Waals surface area (Å²) in [5.41, 5.74) is 1.68. The Labute approximate surface area is 264 Å². The molecule has 0 aromatic heterocycles. The lowest BCUT2D eigenvalue weighted by molar-refractivity contribution is -0.139. The molecular formula is C32H37Cl2N3O5S. The van der Waals surface area contributed by atoms with E-state index in [0.29, 0.717) is 10.6 Å². The van der Waals surface area contributed by atoms with Crippen LogP contribution in [-0.4, -0.2) is 50.9 Å². The van der Waals surface area contributed by atoms with E-state index >= 15 is 0 Å². The molecule has 0 heterocycles. The molecule has 11 heteroatoms. The van der Waals surface area contributed by atoms with Gasteiger partial charge >= 0.3 is 0 Å². The van der Waals surface area contributed by atoms with Crippen LogP contribution in [0.5, 0.6) is 5.75 Å². The highest BCUT2D eigenvalue weighted by Gasteiger charge is 2.34. The molecule has 0 unspecified atom stereocenters. The van der Waals surface area contributed by atoms with E-state index in [4.69, 9.17) is 27.9 Å². The first-order chi connectivity index (χ1) is 20.5. The molecule has 1 N–H and O–H groups in total. The second kappa shape index (κ2) is 14.5. The minimum atomic E-state index is -4.27. The number of ether oxygens (including phenoxy) is 1. The van der Waals surface area contributed by atoms with E-state index in [-0.39, 0.29) is 39.8 Å². The summed E-state index contributed by atoms with van der Waals surface area (Å²) >= 11 is 12.5. The minimum Gasteiger partial charge on any atom is -0.495 e. The molecule has 0 aliphatic heterocycles. The number of anilines is 1. The van der Waals surface area contributed by atoms with Gasteiger partial charge in [0.25, 0.3) is 10.0 Å². The summed E-state index contributed by atoms with van der Waals surface area (Å²) in [4.78, 5) is 29.1. The smallest absolute Gasteiger partial charge is 0.264 e. The number of rotatable bonds is 11. The quantitative estimate of drug-likeness (QED) is 0.261. The van der Waals surface area contributed by atoms with Crippen molar-refractivity contribution in [1.29, 1.82) is 0 Å². The number of methoxy groups -OCH3 is 1. The van der Waals surface area contributed by atoms with Gasteiger partial charge in [-0.05, 0) is 74.7 Å². The summed E-state index contributed by atoms with van der Waals surface area (Å²) in [6, 6.07) is 17.1. The molecule has 0 spiro atoms. The molecule has 3 aromatic rings. The van der Waals surface area contributed by atoms with Crippen LogP contribution >= 0.6 is 23.2 Å². The Morgan fingerprint density at radius 3 is 2.30 bits per heavy atom. The molecule has 3 aromatic carbocycles. The van der Waals surface area contributed by atoms with Crippen molar-refractivity contribution in [1.82, 2.24) is 10.2 Å².